The Morgan fingerprint density at radius 3 is 3.00 bits per heavy atom. The molecular formula is C20H22ClN7O2. The largest absolute Gasteiger partial charge is 0.469 e. The number of nitrogens with one attached hydrogen (secondary N) is 1. The Morgan fingerprint density at radius 1 is 1.37 bits per heavy atom. The first-order valence-electron chi connectivity index (χ1n) is 9.63. The van der Waals surface area contributed by atoms with E-state index in [1.165, 1.54) is 13.4 Å². The first kappa shape index (κ1) is 20.2. The van der Waals surface area contributed by atoms with Gasteiger partial charge in [0.25, 0.3) is 0 Å². The van der Waals surface area contributed by atoms with E-state index in [-0.39, 0.29) is 18.1 Å². The van der Waals surface area contributed by atoms with Gasteiger partial charge in [0.15, 0.2) is 5.82 Å². The molecule has 1 fully saturated rings. The molecule has 4 rings (SSSR count). The SMILES string of the molecule is COC(=O)CC1CCN(c2ncc3ncnc(Nc4cccc(Cl)c4)c3n2)C(N)C1. The van der Waals surface area contributed by atoms with Crippen LogP contribution in [0.1, 0.15) is 19.3 Å². The van der Waals surface area contributed by atoms with Crippen LogP contribution in [-0.4, -0.2) is 45.7 Å². The highest BCUT2D eigenvalue weighted by Gasteiger charge is 2.29. The van der Waals surface area contributed by atoms with Gasteiger partial charge in [-0.3, -0.25) is 4.79 Å². The number of ether oxygens (including phenoxy) is 1. The number of methoxy groups -OCH3 is 1. The van der Waals surface area contributed by atoms with E-state index in [0.29, 0.717) is 47.2 Å². The van der Waals surface area contributed by atoms with Crippen LogP contribution in [0.15, 0.2) is 36.8 Å². The average Bonchev–Trinajstić information content (AvgIpc) is 2.74. The van der Waals surface area contributed by atoms with E-state index in [1.54, 1.807) is 18.3 Å². The van der Waals surface area contributed by atoms with Crippen molar-refractivity contribution in [3.05, 3.63) is 41.8 Å². The molecule has 1 aliphatic heterocycles. The van der Waals surface area contributed by atoms with Crippen LogP contribution in [0.2, 0.25) is 5.02 Å². The third kappa shape index (κ3) is 4.42. The summed E-state index contributed by atoms with van der Waals surface area (Å²) in [5.41, 5.74) is 8.37. The Balaban J connectivity index is 1.58. The van der Waals surface area contributed by atoms with E-state index < -0.39 is 0 Å². The number of aromatic nitrogens is 4. The molecule has 0 aliphatic carbocycles. The fraction of sp³-hybridized carbons (Fsp3) is 0.350. The van der Waals surface area contributed by atoms with E-state index >= 15 is 0 Å². The Kier molecular flexibility index (Phi) is 5.91. The van der Waals surface area contributed by atoms with Crippen LogP contribution in [0, 0.1) is 5.92 Å². The smallest absolute Gasteiger partial charge is 0.305 e. The zero-order chi connectivity index (χ0) is 21.1. The van der Waals surface area contributed by atoms with Gasteiger partial charge in [-0.25, -0.2) is 19.9 Å². The zero-order valence-electron chi connectivity index (χ0n) is 16.5. The molecule has 0 saturated carbocycles. The summed E-state index contributed by atoms with van der Waals surface area (Å²) < 4.78 is 4.77. The fourth-order valence-electron chi connectivity index (χ4n) is 3.60. The van der Waals surface area contributed by atoms with E-state index in [1.807, 2.05) is 17.0 Å². The van der Waals surface area contributed by atoms with E-state index in [4.69, 9.17) is 27.1 Å². The maximum absolute atomic E-state index is 11.6. The van der Waals surface area contributed by atoms with Gasteiger partial charge in [0, 0.05) is 23.7 Å². The first-order chi connectivity index (χ1) is 14.5. The third-order valence-electron chi connectivity index (χ3n) is 5.15. The molecule has 3 heterocycles. The summed E-state index contributed by atoms with van der Waals surface area (Å²) in [5, 5.41) is 3.86. The second-order valence-electron chi connectivity index (χ2n) is 7.19. The maximum Gasteiger partial charge on any atom is 0.305 e. The average molecular weight is 428 g/mol. The van der Waals surface area contributed by atoms with Crippen LogP contribution in [0.3, 0.4) is 0 Å². The lowest BCUT2D eigenvalue weighted by Crippen LogP contribution is -2.49. The van der Waals surface area contributed by atoms with Gasteiger partial charge in [0.05, 0.1) is 19.5 Å². The van der Waals surface area contributed by atoms with Gasteiger partial charge in [-0.05, 0) is 37.0 Å². The minimum Gasteiger partial charge on any atom is -0.469 e. The molecule has 2 unspecified atom stereocenters. The highest BCUT2D eigenvalue weighted by molar-refractivity contribution is 6.30. The van der Waals surface area contributed by atoms with Crippen LogP contribution in [0.25, 0.3) is 11.0 Å². The van der Waals surface area contributed by atoms with Crippen LogP contribution >= 0.6 is 11.6 Å². The Morgan fingerprint density at radius 2 is 2.23 bits per heavy atom. The minimum atomic E-state index is -0.292. The number of hydrogen-bond acceptors (Lipinski definition) is 9. The van der Waals surface area contributed by atoms with E-state index in [2.05, 4.69) is 20.3 Å². The van der Waals surface area contributed by atoms with E-state index in [9.17, 15) is 4.79 Å². The molecule has 3 N–H and O–H groups in total. The second-order valence-corrected chi connectivity index (χ2v) is 7.63. The van der Waals surface area contributed by atoms with Gasteiger partial charge in [-0.2, -0.15) is 0 Å². The predicted octanol–water partition coefficient (Wildman–Crippen LogP) is 2.88. The number of nitrogens with zero attached hydrogens (tertiary/aromatic N) is 5. The van der Waals surface area contributed by atoms with Crippen molar-refractivity contribution in [2.45, 2.75) is 25.4 Å². The number of anilines is 3. The number of nitrogens with two attached hydrogens (primary N) is 1. The van der Waals surface area contributed by atoms with Crippen molar-refractivity contribution < 1.29 is 9.53 Å². The molecule has 0 amide bonds. The molecule has 2 atom stereocenters. The van der Waals surface area contributed by atoms with Crippen LogP contribution < -0.4 is 16.0 Å². The molecule has 3 aromatic rings. The lowest BCUT2D eigenvalue weighted by molar-refractivity contribution is -0.141. The van der Waals surface area contributed by atoms with Crippen molar-refractivity contribution in [3.63, 3.8) is 0 Å². The standard InChI is InChI=1S/C20H22ClN7O2/c1-30-17(29)8-12-5-6-28(16(22)7-12)20-23-10-15-18(27-20)19(25-11-24-15)26-14-4-2-3-13(21)9-14/h2-4,9-12,16H,5-8,22H2,1H3,(H,24,25,26). The van der Waals surface area contributed by atoms with Crippen molar-refractivity contribution in [2.24, 2.45) is 11.7 Å². The molecule has 1 aliphatic rings. The molecule has 30 heavy (non-hydrogen) atoms. The summed E-state index contributed by atoms with van der Waals surface area (Å²) in [5.74, 6) is 1.04. The third-order valence-corrected chi connectivity index (χ3v) is 5.38. The highest BCUT2D eigenvalue weighted by Crippen LogP contribution is 2.28. The molecule has 1 aromatic carbocycles. The maximum atomic E-state index is 11.6. The molecule has 0 spiro atoms. The van der Waals surface area contributed by atoms with Crippen molar-refractivity contribution in [1.29, 1.82) is 0 Å². The van der Waals surface area contributed by atoms with Crippen molar-refractivity contribution in [1.82, 2.24) is 19.9 Å². The van der Waals surface area contributed by atoms with E-state index in [0.717, 1.165) is 12.1 Å². The summed E-state index contributed by atoms with van der Waals surface area (Å²) in [7, 11) is 1.40. The van der Waals surface area contributed by atoms with Crippen LogP contribution in [-0.2, 0) is 9.53 Å². The number of carbonyl (C=O) groups is 1. The van der Waals surface area contributed by atoms with Gasteiger partial charge >= 0.3 is 5.97 Å². The molecule has 1 saturated heterocycles. The van der Waals surface area contributed by atoms with Crippen molar-refractivity contribution >= 4 is 46.1 Å². The number of esters is 1. The number of halogens is 1. The molecule has 0 radical (unpaired) electrons. The summed E-state index contributed by atoms with van der Waals surface area (Å²) in [4.78, 5) is 31.2. The van der Waals surface area contributed by atoms with Gasteiger partial charge in [-0.15, -0.1) is 0 Å². The van der Waals surface area contributed by atoms with Crippen LogP contribution in [0.4, 0.5) is 17.5 Å². The molecular weight excluding hydrogens is 406 g/mol. The minimum absolute atomic E-state index is 0.188. The number of rotatable bonds is 5. The number of benzene rings is 1. The summed E-state index contributed by atoms with van der Waals surface area (Å²) in [6.45, 7) is 0.652. The van der Waals surface area contributed by atoms with Gasteiger partial charge < -0.3 is 20.7 Å². The summed E-state index contributed by atoms with van der Waals surface area (Å²) in [6.07, 6.45) is 4.68. The monoisotopic (exact) mass is 427 g/mol. The summed E-state index contributed by atoms with van der Waals surface area (Å²) >= 11 is 6.08. The molecule has 0 bridgehead atoms. The van der Waals surface area contributed by atoms with Gasteiger partial charge in [0.2, 0.25) is 5.95 Å². The quantitative estimate of drug-likeness (QED) is 0.592. The van der Waals surface area contributed by atoms with Crippen LogP contribution in [0.5, 0.6) is 0 Å². The first-order valence-corrected chi connectivity index (χ1v) is 10.0. The Hall–Kier alpha value is -3.04. The summed E-state index contributed by atoms with van der Waals surface area (Å²) in [6, 6.07) is 7.35. The molecule has 10 heteroatoms. The second kappa shape index (κ2) is 8.76. The molecule has 9 nitrogen and oxygen atoms in total. The number of carbonyl (C=O) groups excluding carboxylic acids is 1. The fourth-order valence-corrected chi connectivity index (χ4v) is 3.79. The normalized spacial score (nSPS) is 19.0. The Bertz CT molecular complexity index is 1060. The lowest BCUT2D eigenvalue weighted by Gasteiger charge is -2.37. The number of piperidine rings is 1. The number of fused-ring (bicyclic) bond motifs is 1. The highest BCUT2D eigenvalue weighted by atomic mass is 35.5. The predicted molar refractivity (Wildman–Crippen MR) is 115 cm³/mol. The topological polar surface area (TPSA) is 119 Å². The lowest BCUT2D eigenvalue weighted by atomic mass is 9.92. The van der Waals surface area contributed by atoms with Crippen molar-refractivity contribution in [3.8, 4) is 0 Å². The molecule has 2 aromatic heterocycles. The Labute approximate surface area is 178 Å². The van der Waals surface area contributed by atoms with Crippen molar-refractivity contribution in [2.75, 3.05) is 23.9 Å². The van der Waals surface area contributed by atoms with Gasteiger partial charge in [-0.1, -0.05) is 17.7 Å². The van der Waals surface area contributed by atoms with Gasteiger partial charge in [0.1, 0.15) is 17.4 Å². The molecule has 156 valence electrons. The zero-order valence-corrected chi connectivity index (χ0v) is 17.2. The number of hydrogen-bond donors (Lipinski definition) is 2.